The molecular weight excluding hydrogens is 310 g/mol. The van der Waals surface area contributed by atoms with Crippen molar-refractivity contribution in [2.24, 2.45) is 0 Å². The number of aromatic nitrogens is 3. The fourth-order valence-electron chi connectivity index (χ4n) is 2.40. The molecule has 0 aliphatic carbocycles. The number of hydrogen-bond acceptors (Lipinski definition) is 5. The number of nitrogens with one attached hydrogen (secondary N) is 1. The quantitative estimate of drug-likeness (QED) is 0.793. The monoisotopic (exact) mass is 333 g/mol. The minimum Gasteiger partial charge on any atom is -0.368 e. The number of thioether (sulfide) groups is 1. The van der Waals surface area contributed by atoms with Gasteiger partial charge in [-0.05, 0) is 43.2 Å². The molecule has 0 radical (unpaired) electrons. The Bertz CT molecular complexity index is 698. The zero-order chi connectivity index (χ0) is 17.0. The number of hydrogen-bond donors (Lipinski definition) is 2. The summed E-state index contributed by atoms with van der Waals surface area (Å²) in [5.74, 6) is 1.00. The van der Waals surface area contributed by atoms with E-state index in [9.17, 15) is 4.79 Å². The van der Waals surface area contributed by atoms with Crippen LogP contribution >= 0.6 is 11.8 Å². The Morgan fingerprint density at radius 1 is 1.35 bits per heavy atom. The molecule has 0 aliphatic heterocycles. The summed E-state index contributed by atoms with van der Waals surface area (Å²) in [7, 11) is 0. The van der Waals surface area contributed by atoms with Gasteiger partial charge in [0.25, 0.3) is 0 Å². The molecule has 1 unspecified atom stereocenters. The zero-order valence-corrected chi connectivity index (χ0v) is 14.8. The predicted molar refractivity (Wildman–Crippen MR) is 94.7 cm³/mol. The molecule has 2 rings (SSSR count). The summed E-state index contributed by atoms with van der Waals surface area (Å²) in [5, 5.41) is 11.7. The van der Waals surface area contributed by atoms with E-state index in [-0.39, 0.29) is 11.9 Å². The molecule has 0 fully saturated rings. The van der Waals surface area contributed by atoms with E-state index in [1.165, 1.54) is 11.8 Å². The maximum atomic E-state index is 12.8. The van der Waals surface area contributed by atoms with Crippen LogP contribution in [0.5, 0.6) is 0 Å². The van der Waals surface area contributed by atoms with Gasteiger partial charge in [0.1, 0.15) is 6.04 Å². The molecule has 1 aromatic carbocycles. The first kappa shape index (κ1) is 17.3. The van der Waals surface area contributed by atoms with Gasteiger partial charge >= 0.3 is 0 Å². The normalized spacial score (nSPS) is 12.2. The molecule has 0 saturated heterocycles. The van der Waals surface area contributed by atoms with Gasteiger partial charge in [0.15, 0.2) is 5.16 Å². The maximum absolute atomic E-state index is 12.8. The fraction of sp³-hybridized carbons (Fsp3) is 0.438. The molecule has 0 bridgehead atoms. The van der Waals surface area contributed by atoms with Crippen LogP contribution in [0.15, 0.2) is 23.4 Å². The van der Waals surface area contributed by atoms with Crippen molar-refractivity contribution in [1.29, 1.82) is 0 Å². The third kappa shape index (κ3) is 3.67. The SMILES string of the molecule is CCSc1nnc(N)n1C(CC)C(=O)Nc1cccc(C)c1C. The number of carbonyl (C=O) groups excluding carboxylic acids is 1. The Kier molecular flexibility index (Phi) is 5.65. The van der Waals surface area contributed by atoms with Gasteiger partial charge in [-0.2, -0.15) is 0 Å². The van der Waals surface area contributed by atoms with Crippen LogP contribution in [0.3, 0.4) is 0 Å². The Morgan fingerprint density at radius 2 is 2.09 bits per heavy atom. The van der Waals surface area contributed by atoms with Crippen LogP contribution in [-0.4, -0.2) is 26.4 Å². The summed E-state index contributed by atoms with van der Waals surface area (Å²) in [6, 6.07) is 5.43. The molecule has 3 N–H and O–H groups in total. The fourth-order valence-corrected chi connectivity index (χ4v) is 3.11. The first-order valence-corrected chi connectivity index (χ1v) is 8.68. The molecule has 1 aromatic heterocycles. The Morgan fingerprint density at radius 3 is 2.74 bits per heavy atom. The van der Waals surface area contributed by atoms with Crippen molar-refractivity contribution in [3.05, 3.63) is 29.3 Å². The number of nitrogen functional groups attached to an aromatic ring is 1. The van der Waals surface area contributed by atoms with Crippen molar-refractivity contribution in [3.8, 4) is 0 Å². The lowest BCUT2D eigenvalue weighted by Gasteiger charge is -2.20. The van der Waals surface area contributed by atoms with Crippen LogP contribution in [0.4, 0.5) is 11.6 Å². The van der Waals surface area contributed by atoms with E-state index in [4.69, 9.17) is 5.73 Å². The molecule has 7 heteroatoms. The van der Waals surface area contributed by atoms with Crippen molar-refractivity contribution >= 4 is 29.3 Å². The van der Waals surface area contributed by atoms with E-state index in [0.29, 0.717) is 11.6 Å². The van der Waals surface area contributed by atoms with Crippen LogP contribution in [0.25, 0.3) is 0 Å². The number of nitrogens with two attached hydrogens (primary N) is 1. The molecule has 6 nitrogen and oxygen atoms in total. The number of aryl methyl sites for hydroxylation is 1. The molecule has 1 atom stereocenters. The lowest BCUT2D eigenvalue weighted by atomic mass is 10.1. The summed E-state index contributed by atoms with van der Waals surface area (Å²) in [5.41, 5.74) is 8.96. The van der Waals surface area contributed by atoms with E-state index < -0.39 is 6.04 Å². The number of nitrogens with zero attached hydrogens (tertiary/aromatic N) is 3. The second-order valence-electron chi connectivity index (χ2n) is 5.30. The first-order valence-electron chi connectivity index (χ1n) is 7.69. The summed E-state index contributed by atoms with van der Waals surface area (Å²) < 4.78 is 1.72. The molecule has 1 amide bonds. The highest BCUT2D eigenvalue weighted by atomic mass is 32.2. The Hall–Kier alpha value is -2.02. The molecule has 124 valence electrons. The zero-order valence-electron chi connectivity index (χ0n) is 14.0. The van der Waals surface area contributed by atoms with Crippen molar-refractivity contribution in [3.63, 3.8) is 0 Å². The highest BCUT2D eigenvalue weighted by molar-refractivity contribution is 7.99. The summed E-state index contributed by atoms with van der Waals surface area (Å²) in [6.45, 7) is 8.00. The van der Waals surface area contributed by atoms with Gasteiger partial charge in [-0.1, -0.05) is 37.7 Å². The molecule has 0 aliphatic rings. The number of amides is 1. The molecule has 2 aromatic rings. The summed E-state index contributed by atoms with van der Waals surface area (Å²) in [4.78, 5) is 12.8. The minimum atomic E-state index is -0.432. The second-order valence-corrected chi connectivity index (χ2v) is 6.54. The average Bonchev–Trinajstić information content (AvgIpc) is 2.87. The molecule has 23 heavy (non-hydrogen) atoms. The highest BCUT2D eigenvalue weighted by Gasteiger charge is 2.25. The summed E-state index contributed by atoms with van der Waals surface area (Å²) >= 11 is 1.53. The molecule has 0 spiro atoms. The Balaban J connectivity index is 2.29. The van der Waals surface area contributed by atoms with Gasteiger partial charge in [-0.3, -0.25) is 9.36 Å². The minimum absolute atomic E-state index is 0.106. The van der Waals surface area contributed by atoms with Gasteiger partial charge < -0.3 is 11.1 Å². The van der Waals surface area contributed by atoms with Gasteiger partial charge in [-0.25, -0.2) is 0 Å². The van der Waals surface area contributed by atoms with E-state index >= 15 is 0 Å². The van der Waals surface area contributed by atoms with E-state index in [1.807, 2.05) is 45.9 Å². The standard InChI is InChI=1S/C16H23N5OS/c1-5-13(21-15(17)19-20-16(21)23-6-2)14(22)18-12-9-7-8-10(3)11(12)4/h7-9,13H,5-6H2,1-4H3,(H2,17,19)(H,18,22). The number of carbonyl (C=O) groups is 1. The first-order chi connectivity index (χ1) is 11.0. The van der Waals surface area contributed by atoms with E-state index in [0.717, 1.165) is 22.6 Å². The number of benzene rings is 1. The van der Waals surface area contributed by atoms with Crippen LogP contribution in [-0.2, 0) is 4.79 Å². The molecule has 1 heterocycles. The Labute approximate surface area is 140 Å². The number of anilines is 2. The van der Waals surface area contributed by atoms with Crippen LogP contribution < -0.4 is 11.1 Å². The predicted octanol–water partition coefficient (Wildman–Crippen LogP) is 3.18. The third-order valence-electron chi connectivity index (χ3n) is 3.83. The van der Waals surface area contributed by atoms with Gasteiger partial charge in [0.05, 0.1) is 0 Å². The summed E-state index contributed by atoms with van der Waals surface area (Å²) in [6.07, 6.45) is 0.607. The lowest BCUT2D eigenvalue weighted by molar-refractivity contribution is -0.119. The van der Waals surface area contributed by atoms with Crippen molar-refractivity contribution in [2.45, 2.75) is 45.3 Å². The van der Waals surface area contributed by atoms with Crippen molar-refractivity contribution in [1.82, 2.24) is 14.8 Å². The topological polar surface area (TPSA) is 85.8 Å². The van der Waals surface area contributed by atoms with Crippen molar-refractivity contribution in [2.75, 3.05) is 16.8 Å². The molecular formula is C16H23N5OS. The maximum Gasteiger partial charge on any atom is 0.247 e. The van der Waals surface area contributed by atoms with Crippen molar-refractivity contribution < 1.29 is 4.79 Å². The van der Waals surface area contributed by atoms with E-state index in [2.05, 4.69) is 15.5 Å². The molecule has 0 saturated carbocycles. The second kappa shape index (κ2) is 7.50. The third-order valence-corrected chi connectivity index (χ3v) is 4.65. The largest absolute Gasteiger partial charge is 0.368 e. The number of rotatable bonds is 6. The van der Waals surface area contributed by atoms with Gasteiger partial charge in [-0.15, -0.1) is 10.2 Å². The van der Waals surface area contributed by atoms with Crippen LogP contribution in [0, 0.1) is 13.8 Å². The van der Waals surface area contributed by atoms with Gasteiger partial charge in [0, 0.05) is 5.69 Å². The van der Waals surface area contributed by atoms with Crippen LogP contribution in [0.2, 0.25) is 0 Å². The van der Waals surface area contributed by atoms with Gasteiger partial charge in [0.2, 0.25) is 11.9 Å². The van der Waals surface area contributed by atoms with E-state index in [1.54, 1.807) is 4.57 Å². The lowest BCUT2D eigenvalue weighted by Crippen LogP contribution is -2.27. The highest BCUT2D eigenvalue weighted by Crippen LogP contribution is 2.26. The van der Waals surface area contributed by atoms with Crippen LogP contribution in [0.1, 0.15) is 37.4 Å². The average molecular weight is 333 g/mol. The smallest absolute Gasteiger partial charge is 0.247 e.